The third-order valence-corrected chi connectivity index (χ3v) is 3.51. The number of benzene rings is 1. The van der Waals surface area contributed by atoms with Gasteiger partial charge in [0.25, 0.3) is 5.91 Å². The van der Waals surface area contributed by atoms with Crippen LogP contribution < -0.4 is 5.32 Å². The SMILES string of the molecule is CC(C)COCCCNC(=O)c1cnc2ccccc2c1C(F)(F)F. The van der Waals surface area contributed by atoms with E-state index in [-0.39, 0.29) is 17.4 Å². The van der Waals surface area contributed by atoms with E-state index >= 15 is 0 Å². The zero-order valence-corrected chi connectivity index (χ0v) is 14.2. The van der Waals surface area contributed by atoms with Gasteiger partial charge in [0.15, 0.2) is 0 Å². The number of ether oxygens (including phenoxy) is 1. The van der Waals surface area contributed by atoms with Gasteiger partial charge >= 0.3 is 6.18 Å². The predicted molar refractivity (Wildman–Crippen MR) is 89.4 cm³/mol. The van der Waals surface area contributed by atoms with Gasteiger partial charge in [0.1, 0.15) is 0 Å². The summed E-state index contributed by atoms with van der Waals surface area (Å²) in [4.78, 5) is 16.2. The van der Waals surface area contributed by atoms with Crippen LogP contribution in [0.5, 0.6) is 0 Å². The topological polar surface area (TPSA) is 51.2 Å². The molecule has 1 heterocycles. The highest BCUT2D eigenvalue weighted by molar-refractivity contribution is 6.00. The van der Waals surface area contributed by atoms with Crippen molar-refractivity contribution in [2.24, 2.45) is 5.92 Å². The van der Waals surface area contributed by atoms with Gasteiger partial charge in [-0.2, -0.15) is 13.2 Å². The van der Waals surface area contributed by atoms with Gasteiger partial charge in [-0.3, -0.25) is 9.78 Å². The molecule has 1 N–H and O–H groups in total. The van der Waals surface area contributed by atoms with Gasteiger partial charge in [-0.1, -0.05) is 32.0 Å². The number of halogens is 3. The number of hydrogen-bond donors (Lipinski definition) is 1. The number of rotatable bonds is 7. The lowest BCUT2D eigenvalue weighted by Gasteiger charge is -2.15. The number of alkyl halides is 3. The van der Waals surface area contributed by atoms with Gasteiger partial charge in [0.2, 0.25) is 0 Å². The summed E-state index contributed by atoms with van der Waals surface area (Å²) in [5.74, 6) is -0.373. The average Bonchev–Trinajstić information content (AvgIpc) is 2.55. The fourth-order valence-electron chi connectivity index (χ4n) is 2.41. The molecule has 1 aromatic heterocycles. The highest BCUT2D eigenvalue weighted by Crippen LogP contribution is 2.36. The molecule has 0 saturated heterocycles. The molecule has 0 aliphatic rings. The van der Waals surface area contributed by atoms with E-state index in [0.29, 0.717) is 25.6 Å². The van der Waals surface area contributed by atoms with Crippen LogP contribution in [-0.2, 0) is 10.9 Å². The van der Waals surface area contributed by atoms with E-state index in [9.17, 15) is 18.0 Å². The summed E-state index contributed by atoms with van der Waals surface area (Å²) < 4.78 is 45.8. The summed E-state index contributed by atoms with van der Waals surface area (Å²) in [6.45, 7) is 5.34. The first-order valence-electron chi connectivity index (χ1n) is 8.11. The number of carbonyl (C=O) groups excluding carboxylic acids is 1. The van der Waals surface area contributed by atoms with E-state index in [0.717, 1.165) is 6.20 Å². The van der Waals surface area contributed by atoms with Gasteiger partial charge in [-0.25, -0.2) is 0 Å². The number of amides is 1. The molecule has 0 unspecified atom stereocenters. The van der Waals surface area contributed by atoms with Gasteiger partial charge in [0.05, 0.1) is 16.6 Å². The second-order valence-electron chi connectivity index (χ2n) is 6.14. The Morgan fingerprint density at radius 2 is 2.00 bits per heavy atom. The second kappa shape index (κ2) is 8.29. The average molecular weight is 354 g/mol. The molecular formula is C18H21F3N2O2. The smallest absolute Gasteiger partial charge is 0.381 e. The van der Waals surface area contributed by atoms with E-state index in [2.05, 4.69) is 10.3 Å². The lowest BCUT2D eigenvalue weighted by molar-refractivity contribution is -0.136. The monoisotopic (exact) mass is 354 g/mol. The minimum absolute atomic E-state index is 0.0806. The van der Waals surface area contributed by atoms with Crippen molar-refractivity contribution in [2.75, 3.05) is 19.8 Å². The molecule has 2 aromatic rings. The third-order valence-electron chi connectivity index (χ3n) is 3.51. The molecule has 1 aromatic carbocycles. The van der Waals surface area contributed by atoms with Crippen LogP contribution in [0.3, 0.4) is 0 Å². The Kier molecular flexibility index (Phi) is 6.36. The summed E-state index contributed by atoms with van der Waals surface area (Å²) in [6.07, 6.45) is -3.13. The van der Waals surface area contributed by atoms with Crippen molar-refractivity contribution < 1.29 is 22.7 Å². The summed E-state index contributed by atoms with van der Waals surface area (Å²) >= 11 is 0. The second-order valence-corrected chi connectivity index (χ2v) is 6.14. The maximum absolute atomic E-state index is 13.5. The lowest BCUT2D eigenvalue weighted by Crippen LogP contribution is -2.28. The molecule has 0 aliphatic carbocycles. The number of carbonyl (C=O) groups is 1. The molecule has 136 valence electrons. The zero-order chi connectivity index (χ0) is 18.4. The Bertz CT molecular complexity index is 730. The number of nitrogens with one attached hydrogen (secondary N) is 1. The van der Waals surface area contributed by atoms with Gasteiger partial charge in [0, 0.05) is 31.3 Å². The molecule has 4 nitrogen and oxygen atoms in total. The van der Waals surface area contributed by atoms with Crippen LogP contribution in [-0.4, -0.2) is 30.6 Å². The van der Waals surface area contributed by atoms with E-state index in [1.165, 1.54) is 18.2 Å². The lowest BCUT2D eigenvalue weighted by atomic mass is 10.0. The molecule has 0 radical (unpaired) electrons. The molecule has 0 fully saturated rings. The van der Waals surface area contributed by atoms with Crippen molar-refractivity contribution in [2.45, 2.75) is 26.4 Å². The highest BCUT2D eigenvalue weighted by Gasteiger charge is 2.37. The van der Waals surface area contributed by atoms with Crippen molar-refractivity contribution in [3.8, 4) is 0 Å². The number of fused-ring (bicyclic) bond motifs is 1. The maximum atomic E-state index is 13.5. The summed E-state index contributed by atoms with van der Waals surface area (Å²) in [5, 5.41) is 2.42. The normalized spacial score (nSPS) is 11.9. The van der Waals surface area contributed by atoms with E-state index in [1.54, 1.807) is 6.07 Å². The molecule has 0 spiro atoms. The minimum atomic E-state index is -4.64. The van der Waals surface area contributed by atoms with Crippen LogP contribution in [0.1, 0.15) is 36.2 Å². The minimum Gasteiger partial charge on any atom is -0.381 e. The van der Waals surface area contributed by atoms with Gasteiger partial charge < -0.3 is 10.1 Å². The molecule has 0 bridgehead atoms. The van der Waals surface area contributed by atoms with E-state index in [1.807, 2.05) is 13.8 Å². The first-order valence-corrected chi connectivity index (χ1v) is 8.11. The van der Waals surface area contributed by atoms with Crippen LogP contribution >= 0.6 is 0 Å². The molecule has 1 amide bonds. The molecule has 0 aliphatic heterocycles. The number of aromatic nitrogens is 1. The Morgan fingerprint density at radius 3 is 2.68 bits per heavy atom. The van der Waals surface area contributed by atoms with Crippen LogP contribution in [0.2, 0.25) is 0 Å². The fourth-order valence-corrected chi connectivity index (χ4v) is 2.41. The number of para-hydroxylation sites is 1. The Hall–Kier alpha value is -2.15. The third kappa shape index (κ3) is 5.16. The molecule has 25 heavy (non-hydrogen) atoms. The molecular weight excluding hydrogens is 333 g/mol. The van der Waals surface area contributed by atoms with Crippen molar-refractivity contribution >= 4 is 16.8 Å². The van der Waals surface area contributed by atoms with E-state index in [4.69, 9.17) is 4.74 Å². The van der Waals surface area contributed by atoms with Crippen LogP contribution in [0.15, 0.2) is 30.5 Å². The number of hydrogen-bond acceptors (Lipinski definition) is 3. The summed E-state index contributed by atoms with van der Waals surface area (Å²) in [5.41, 5.74) is -1.21. The quantitative estimate of drug-likeness (QED) is 0.764. The van der Waals surface area contributed by atoms with Crippen molar-refractivity contribution in [3.05, 3.63) is 41.6 Å². The summed E-state index contributed by atoms with van der Waals surface area (Å²) in [7, 11) is 0. The number of pyridine rings is 1. The van der Waals surface area contributed by atoms with Crippen LogP contribution in [0, 0.1) is 5.92 Å². The first kappa shape index (κ1) is 19.2. The summed E-state index contributed by atoms with van der Waals surface area (Å²) in [6, 6.07) is 5.90. The molecule has 0 atom stereocenters. The standard InChI is InChI=1S/C18H21F3N2O2/c1-12(2)11-25-9-5-8-22-17(24)14-10-23-15-7-4-3-6-13(15)16(14)18(19,20)21/h3-4,6-7,10,12H,5,8-9,11H2,1-2H3,(H,22,24). The predicted octanol–water partition coefficient (Wildman–Crippen LogP) is 4.05. The van der Waals surface area contributed by atoms with Crippen molar-refractivity contribution in [1.82, 2.24) is 10.3 Å². The Labute approximate surface area is 144 Å². The Morgan fingerprint density at radius 1 is 1.28 bits per heavy atom. The van der Waals surface area contributed by atoms with Crippen molar-refractivity contribution in [3.63, 3.8) is 0 Å². The van der Waals surface area contributed by atoms with Crippen LogP contribution in [0.25, 0.3) is 10.9 Å². The first-order chi connectivity index (χ1) is 11.8. The van der Waals surface area contributed by atoms with Gasteiger partial charge in [-0.15, -0.1) is 0 Å². The van der Waals surface area contributed by atoms with Crippen LogP contribution in [0.4, 0.5) is 13.2 Å². The van der Waals surface area contributed by atoms with E-state index < -0.39 is 23.2 Å². The highest BCUT2D eigenvalue weighted by atomic mass is 19.4. The number of nitrogens with zero attached hydrogens (tertiary/aromatic N) is 1. The molecule has 7 heteroatoms. The largest absolute Gasteiger partial charge is 0.417 e. The zero-order valence-electron chi connectivity index (χ0n) is 14.2. The molecule has 2 rings (SSSR count). The fraction of sp³-hybridized carbons (Fsp3) is 0.444. The Balaban J connectivity index is 2.10. The maximum Gasteiger partial charge on any atom is 0.417 e. The van der Waals surface area contributed by atoms with Crippen molar-refractivity contribution in [1.29, 1.82) is 0 Å². The molecule has 0 saturated carbocycles. The van der Waals surface area contributed by atoms with Gasteiger partial charge in [-0.05, 0) is 18.4 Å².